The van der Waals surface area contributed by atoms with Gasteiger partial charge in [0.15, 0.2) is 12.0 Å². The fraction of sp³-hybridized carbons (Fsp3) is 0.682. The van der Waals surface area contributed by atoms with Crippen LogP contribution in [0.4, 0.5) is 4.39 Å². The van der Waals surface area contributed by atoms with Crippen LogP contribution in [0.5, 0.6) is 0 Å². The van der Waals surface area contributed by atoms with Crippen molar-refractivity contribution in [1.82, 2.24) is 9.78 Å². The van der Waals surface area contributed by atoms with Gasteiger partial charge in [-0.1, -0.05) is 18.5 Å². The Morgan fingerprint density at radius 1 is 1.20 bits per heavy atom. The molecule has 30 heavy (non-hydrogen) atoms. The second-order valence-corrected chi connectivity index (χ2v) is 10.4. The zero-order valence-corrected chi connectivity index (χ0v) is 19.1. The molecule has 5 nitrogen and oxygen atoms in total. The molecule has 5 rings (SSSR count). The van der Waals surface area contributed by atoms with Crippen LogP contribution in [0.1, 0.15) is 78.0 Å². The largest absolute Gasteiger partial charge is 0.495 e. The second kappa shape index (κ2) is 6.93. The summed E-state index contributed by atoms with van der Waals surface area (Å²) in [6.45, 7) is 10.9. The molecule has 3 heterocycles. The maximum atomic E-state index is 15.7. The number of fused-ring (bicyclic) bond motifs is 1. The summed E-state index contributed by atoms with van der Waals surface area (Å²) in [5, 5.41) is 5.42. The molecule has 0 N–H and O–H groups in total. The minimum atomic E-state index is -0.622. The van der Waals surface area contributed by atoms with E-state index in [4.69, 9.17) is 25.6 Å². The van der Waals surface area contributed by atoms with E-state index in [0.717, 1.165) is 36.7 Å². The molecule has 0 bridgehead atoms. The molecule has 1 saturated carbocycles. The molecule has 0 spiro atoms. The van der Waals surface area contributed by atoms with Gasteiger partial charge in [-0.2, -0.15) is 5.10 Å². The zero-order chi connectivity index (χ0) is 21.4. The van der Waals surface area contributed by atoms with Crippen LogP contribution in [0.25, 0.3) is 10.9 Å². The minimum absolute atomic E-state index is 0.166. The molecule has 3 aliphatic rings. The lowest BCUT2D eigenvalue weighted by atomic mass is 9.72. The number of hydrogen-bond acceptors (Lipinski definition) is 4. The SMILES string of the molecule is C[C@H]1C[C@H]1c1c(Cl)c(F)c2c(cnn2[C@H]2CCCCO2)c1B1OC(C)(C)C(C)(C)O1. The minimum Gasteiger partial charge on any atom is -0.399 e. The van der Waals surface area contributed by atoms with E-state index >= 15 is 4.39 Å². The van der Waals surface area contributed by atoms with Crippen LogP contribution in [0, 0.1) is 11.7 Å². The van der Waals surface area contributed by atoms with Crippen LogP contribution in [-0.2, 0) is 14.0 Å². The maximum absolute atomic E-state index is 15.7. The third kappa shape index (κ3) is 3.04. The van der Waals surface area contributed by atoms with Gasteiger partial charge in [0.1, 0.15) is 5.52 Å². The Balaban J connectivity index is 1.72. The van der Waals surface area contributed by atoms with Crippen LogP contribution < -0.4 is 5.46 Å². The maximum Gasteiger partial charge on any atom is 0.495 e. The topological polar surface area (TPSA) is 45.5 Å². The van der Waals surface area contributed by atoms with E-state index < -0.39 is 24.1 Å². The van der Waals surface area contributed by atoms with Gasteiger partial charge in [-0.3, -0.25) is 0 Å². The van der Waals surface area contributed by atoms with Crippen molar-refractivity contribution in [2.75, 3.05) is 6.61 Å². The van der Waals surface area contributed by atoms with E-state index in [2.05, 4.69) is 12.0 Å². The number of aromatic nitrogens is 2. The first-order valence-corrected chi connectivity index (χ1v) is 11.4. The average molecular weight is 435 g/mol. The van der Waals surface area contributed by atoms with Crippen LogP contribution in [-0.4, -0.2) is 34.7 Å². The molecule has 2 aliphatic heterocycles. The molecule has 2 saturated heterocycles. The summed E-state index contributed by atoms with van der Waals surface area (Å²) in [5.74, 6) is 0.240. The fourth-order valence-corrected chi connectivity index (χ4v) is 5.03. The third-order valence-corrected chi connectivity index (χ3v) is 7.78. The quantitative estimate of drug-likeness (QED) is 0.641. The Morgan fingerprint density at radius 3 is 2.43 bits per heavy atom. The van der Waals surface area contributed by atoms with E-state index in [9.17, 15) is 0 Å². The summed E-state index contributed by atoms with van der Waals surface area (Å²) in [6.07, 6.45) is 5.28. The van der Waals surface area contributed by atoms with Crippen molar-refractivity contribution >= 4 is 35.1 Å². The molecule has 1 aromatic carbocycles. The third-order valence-electron chi connectivity index (χ3n) is 7.41. The van der Waals surface area contributed by atoms with Crippen LogP contribution in [0.2, 0.25) is 5.02 Å². The van der Waals surface area contributed by atoms with Crippen molar-refractivity contribution < 1.29 is 18.4 Å². The highest BCUT2D eigenvalue weighted by Gasteiger charge is 2.54. The molecule has 3 fully saturated rings. The molecular formula is C22H29BClFN2O3. The van der Waals surface area contributed by atoms with Gasteiger partial charge in [0.05, 0.1) is 22.4 Å². The second-order valence-electron chi connectivity index (χ2n) is 10.0. The van der Waals surface area contributed by atoms with Crippen LogP contribution in [0.15, 0.2) is 6.20 Å². The van der Waals surface area contributed by atoms with Gasteiger partial charge in [0.25, 0.3) is 0 Å². The summed E-state index contributed by atoms with van der Waals surface area (Å²) in [5.41, 5.74) is 1.02. The average Bonchev–Trinajstić information content (AvgIpc) is 3.16. The van der Waals surface area contributed by atoms with Crippen molar-refractivity contribution in [3.05, 3.63) is 22.6 Å². The van der Waals surface area contributed by atoms with Gasteiger partial charge in [-0.15, -0.1) is 0 Å². The first kappa shape index (κ1) is 20.7. The molecule has 1 aromatic heterocycles. The first-order valence-electron chi connectivity index (χ1n) is 11.0. The number of halogens is 2. The first-order chi connectivity index (χ1) is 14.1. The monoisotopic (exact) mass is 434 g/mol. The van der Waals surface area contributed by atoms with Gasteiger partial charge < -0.3 is 14.0 Å². The van der Waals surface area contributed by atoms with Crippen molar-refractivity contribution in [2.45, 2.75) is 83.6 Å². The van der Waals surface area contributed by atoms with Gasteiger partial charge in [-0.25, -0.2) is 9.07 Å². The summed E-state index contributed by atoms with van der Waals surface area (Å²) in [6, 6.07) is 0. The van der Waals surface area contributed by atoms with Gasteiger partial charge in [0.2, 0.25) is 0 Å². The van der Waals surface area contributed by atoms with E-state index in [1.54, 1.807) is 10.9 Å². The standard InChI is InChI=1S/C22H29BClFN2O3/c1-12-10-13(12)16-17(23-29-21(2,3)22(4,5)30-23)14-11-26-27(15-8-6-7-9-28-15)20(14)19(25)18(16)24/h11-13,15H,6-10H2,1-5H3/t12-,13+,15+/m0/s1. The van der Waals surface area contributed by atoms with E-state index in [1.165, 1.54) is 0 Å². The van der Waals surface area contributed by atoms with Crippen molar-refractivity contribution in [3.63, 3.8) is 0 Å². The molecule has 0 amide bonds. The molecule has 8 heteroatoms. The lowest BCUT2D eigenvalue weighted by molar-refractivity contribution is -0.0369. The van der Waals surface area contributed by atoms with Crippen LogP contribution >= 0.6 is 11.6 Å². The smallest absolute Gasteiger partial charge is 0.399 e. The Morgan fingerprint density at radius 2 is 1.87 bits per heavy atom. The molecular weight excluding hydrogens is 406 g/mol. The number of benzene rings is 1. The van der Waals surface area contributed by atoms with Gasteiger partial charge >= 0.3 is 7.12 Å². The van der Waals surface area contributed by atoms with E-state index in [0.29, 0.717) is 23.4 Å². The summed E-state index contributed by atoms with van der Waals surface area (Å²) in [4.78, 5) is 0. The molecule has 162 valence electrons. The number of rotatable bonds is 3. The van der Waals surface area contributed by atoms with Crippen LogP contribution in [0.3, 0.4) is 0 Å². The number of hydrogen-bond donors (Lipinski definition) is 0. The normalized spacial score (nSPS) is 30.2. The highest BCUT2D eigenvalue weighted by atomic mass is 35.5. The molecule has 1 aliphatic carbocycles. The van der Waals surface area contributed by atoms with E-state index in [1.807, 2.05) is 27.7 Å². The van der Waals surface area contributed by atoms with E-state index in [-0.39, 0.29) is 17.2 Å². The lowest BCUT2D eigenvalue weighted by Gasteiger charge is -2.32. The summed E-state index contributed by atoms with van der Waals surface area (Å²) >= 11 is 6.70. The Bertz CT molecular complexity index is 986. The Hall–Kier alpha value is -1.15. The molecule has 3 atom stereocenters. The Labute approximate surface area is 182 Å². The Kier molecular flexibility index (Phi) is 4.79. The highest BCUT2D eigenvalue weighted by molar-refractivity contribution is 6.66. The molecule has 2 aromatic rings. The van der Waals surface area contributed by atoms with Crippen molar-refractivity contribution in [2.24, 2.45) is 5.92 Å². The molecule has 0 unspecified atom stereocenters. The van der Waals surface area contributed by atoms with Gasteiger partial charge in [0, 0.05) is 12.0 Å². The predicted octanol–water partition coefficient (Wildman–Crippen LogP) is 4.95. The lowest BCUT2D eigenvalue weighted by Crippen LogP contribution is -2.41. The van der Waals surface area contributed by atoms with Crippen molar-refractivity contribution in [3.8, 4) is 0 Å². The fourth-order valence-electron chi connectivity index (χ4n) is 4.70. The summed E-state index contributed by atoms with van der Waals surface area (Å²) in [7, 11) is -0.622. The summed E-state index contributed by atoms with van der Waals surface area (Å²) < 4.78 is 36.0. The van der Waals surface area contributed by atoms with Gasteiger partial charge in [-0.05, 0) is 76.2 Å². The number of nitrogens with zero attached hydrogens (tertiary/aromatic N) is 2. The highest BCUT2D eigenvalue weighted by Crippen LogP contribution is 2.51. The zero-order valence-electron chi connectivity index (χ0n) is 18.3. The predicted molar refractivity (Wildman–Crippen MR) is 116 cm³/mol. The number of ether oxygens (including phenoxy) is 1. The van der Waals surface area contributed by atoms with Crippen molar-refractivity contribution in [1.29, 1.82) is 0 Å². The molecule has 0 radical (unpaired) electrons.